The van der Waals surface area contributed by atoms with Crippen LogP contribution < -0.4 is 5.73 Å². The molecule has 2 unspecified atom stereocenters. The Hall–Kier alpha value is -2.02. The molecule has 0 aromatic heterocycles. The average Bonchev–Trinajstić information content (AvgIpc) is 2.41. The lowest BCUT2D eigenvalue weighted by atomic mass is 9.94. The average molecular weight is 281 g/mol. The smallest absolute Gasteiger partial charge is 0.285 e. The topological polar surface area (TPSA) is 89.5 Å². The number of nitrogens with zero attached hydrogens (tertiary/aromatic N) is 2. The van der Waals surface area contributed by atoms with Gasteiger partial charge in [0, 0.05) is 19.1 Å². The highest BCUT2D eigenvalue weighted by Gasteiger charge is 2.30. The lowest BCUT2D eigenvalue weighted by Gasteiger charge is -2.35. The van der Waals surface area contributed by atoms with Crippen LogP contribution in [0.1, 0.15) is 23.7 Å². The molecule has 1 aliphatic rings. The summed E-state index contributed by atoms with van der Waals surface area (Å²) in [6.07, 6.45) is 0.752. The van der Waals surface area contributed by atoms with Gasteiger partial charge in [0.15, 0.2) is 0 Å². The molecule has 20 heavy (non-hydrogen) atoms. The van der Waals surface area contributed by atoms with E-state index in [2.05, 4.69) is 0 Å². The molecule has 6 nitrogen and oxygen atoms in total. The second-order valence-electron chi connectivity index (χ2n) is 5.10. The number of rotatable bonds is 2. The zero-order valence-electron chi connectivity index (χ0n) is 11.1. The highest BCUT2D eigenvalue weighted by molar-refractivity contribution is 5.98. The van der Waals surface area contributed by atoms with Crippen LogP contribution >= 0.6 is 0 Å². The van der Waals surface area contributed by atoms with Crippen molar-refractivity contribution in [2.24, 2.45) is 11.7 Å². The molecule has 1 heterocycles. The quantitative estimate of drug-likeness (QED) is 0.657. The van der Waals surface area contributed by atoms with Gasteiger partial charge in [0.1, 0.15) is 11.4 Å². The molecule has 0 bridgehead atoms. The molecule has 2 N–H and O–H groups in total. The summed E-state index contributed by atoms with van der Waals surface area (Å²) >= 11 is 0. The summed E-state index contributed by atoms with van der Waals surface area (Å²) in [6, 6.07) is 2.82. The first-order chi connectivity index (χ1) is 9.40. The van der Waals surface area contributed by atoms with E-state index in [4.69, 9.17) is 5.73 Å². The fourth-order valence-electron chi connectivity index (χ4n) is 2.29. The fraction of sp³-hybridized carbons (Fsp3) is 0.462. The first-order valence-corrected chi connectivity index (χ1v) is 6.39. The number of nitrogens with two attached hydrogens (primary N) is 1. The van der Waals surface area contributed by atoms with Crippen molar-refractivity contribution in [2.75, 3.05) is 13.1 Å². The monoisotopic (exact) mass is 281 g/mol. The molecule has 7 heteroatoms. The van der Waals surface area contributed by atoms with Gasteiger partial charge in [-0.15, -0.1) is 0 Å². The first-order valence-electron chi connectivity index (χ1n) is 6.39. The van der Waals surface area contributed by atoms with Crippen molar-refractivity contribution >= 4 is 11.6 Å². The predicted octanol–water partition coefficient (Wildman–Crippen LogP) is 1.54. The maximum absolute atomic E-state index is 13.1. The Morgan fingerprint density at radius 3 is 2.85 bits per heavy atom. The molecule has 1 aliphatic heterocycles. The minimum absolute atomic E-state index is 0.0989. The maximum atomic E-state index is 13.1. The maximum Gasteiger partial charge on any atom is 0.285 e. The number of nitro benzene ring substituents is 1. The van der Waals surface area contributed by atoms with Crippen molar-refractivity contribution in [3.63, 3.8) is 0 Å². The highest BCUT2D eigenvalue weighted by Crippen LogP contribution is 2.24. The van der Waals surface area contributed by atoms with Crippen LogP contribution in [0.25, 0.3) is 0 Å². The van der Waals surface area contributed by atoms with E-state index in [1.807, 2.05) is 6.92 Å². The molecule has 108 valence electrons. The molecule has 0 aliphatic carbocycles. The van der Waals surface area contributed by atoms with Crippen molar-refractivity contribution in [3.8, 4) is 0 Å². The van der Waals surface area contributed by atoms with Crippen LogP contribution in [0.15, 0.2) is 18.2 Å². The zero-order valence-corrected chi connectivity index (χ0v) is 11.1. The van der Waals surface area contributed by atoms with Crippen LogP contribution in [0.2, 0.25) is 0 Å². The van der Waals surface area contributed by atoms with Gasteiger partial charge >= 0.3 is 0 Å². The third kappa shape index (κ3) is 2.77. The Morgan fingerprint density at radius 1 is 1.55 bits per heavy atom. The number of carbonyl (C=O) groups excluding carboxylic acids is 1. The van der Waals surface area contributed by atoms with E-state index in [-0.39, 0.29) is 11.6 Å². The summed E-state index contributed by atoms with van der Waals surface area (Å²) in [4.78, 5) is 24.0. The van der Waals surface area contributed by atoms with Crippen LogP contribution in [0.4, 0.5) is 10.1 Å². The van der Waals surface area contributed by atoms with E-state index in [1.54, 1.807) is 0 Å². The van der Waals surface area contributed by atoms with Crippen LogP contribution in [0.3, 0.4) is 0 Å². The summed E-state index contributed by atoms with van der Waals surface area (Å²) in [5.74, 6) is -0.904. The van der Waals surface area contributed by atoms with E-state index >= 15 is 0 Å². The van der Waals surface area contributed by atoms with Crippen molar-refractivity contribution < 1.29 is 14.1 Å². The lowest BCUT2D eigenvalue weighted by Crippen LogP contribution is -2.49. The van der Waals surface area contributed by atoms with Crippen LogP contribution in [-0.4, -0.2) is 34.9 Å². The molecule has 0 radical (unpaired) electrons. The molecule has 1 fully saturated rings. The van der Waals surface area contributed by atoms with Gasteiger partial charge in [-0.05, 0) is 24.5 Å². The molecule has 0 spiro atoms. The number of hydrogen-bond acceptors (Lipinski definition) is 4. The van der Waals surface area contributed by atoms with E-state index in [9.17, 15) is 19.3 Å². The number of halogens is 1. The SMILES string of the molecule is CC1CCN(C(=O)c2ccc(F)cc2[N+](=O)[O-])CC1N. The van der Waals surface area contributed by atoms with E-state index in [0.29, 0.717) is 19.0 Å². The Labute approximate surface area is 115 Å². The number of benzene rings is 1. The molecule has 1 aromatic carbocycles. The Bertz CT molecular complexity index is 550. The number of nitro groups is 1. The summed E-state index contributed by atoms with van der Waals surface area (Å²) in [7, 11) is 0. The van der Waals surface area contributed by atoms with E-state index < -0.39 is 22.3 Å². The van der Waals surface area contributed by atoms with Gasteiger partial charge in [-0.1, -0.05) is 6.92 Å². The third-order valence-electron chi connectivity index (χ3n) is 3.69. The fourth-order valence-corrected chi connectivity index (χ4v) is 2.29. The Morgan fingerprint density at radius 2 is 2.25 bits per heavy atom. The van der Waals surface area contributed by atoms with Crippen molar-refractivity contribution in [3.05, 3.63) is 39.7 Å². The number of likely N-dealkylation sites (tertiary alicyclic amines) is 1. The number of piperidine rings is 1. The van der Waals surface area contributed by atoms with E-state index in [0.717, 1.165) is 24.6 Å². The second kappa shape index (κ2) is 5.54. The lowest BCUT2D eigenvalue weighted by molar-refractivity contribution is -0.385. The molecule has 1 saturated heterocycles. The molecule has 1 amide bonds. The summed E-state index contributed by atoms with van der Waals surface area (Å²) in [5.41, 5.74) is 5.31. The largest absolute Gasteiger partial charge is 0.337 e. The number of carbonyl (C=O) groups is 1. The van der Waals surface area contributed by atoms with Gasteiger partial charge < -0.3 is 10.6 Å². The molecular formula is C13H16FN3O3. The van der Waals surface area contributed by atoms with Crippen LogP contribution in [-0.2, 0) is 0 Å². The van der Waals surface area contributed by atoms with E-state index in [1.165, 1.54) is 4.90 Å². The van der Waals surface area contributed by atoms with Gasteiger partial charge in [0.25, 0.3) is 11.6 Å². The van der Waals surface area contributed by atoms with Crippen LogP contribution in [0, 0.1) is 21.8 Å². The van der Waals surface area contributed by atoms with Crippen LogP contribution in [0.5, 0.6) is 0 Å². The third-order valence-corrected chi connectivity index (χ3v) is 3.69. The number of amides is 1. The Balaban J connectivity index is 2.27. The molecule has 0 saturated carbocycles. The molecule has 2 rings (SSSR count). The minimum Gasteiger partial charge on any atom is -0.337 e. The van der Waals surface area contributed by atoms with Crippen molar-refractivity contribution in [2.45, 2.75) is 19.4 Å². The Kier molecular flexibility index (Phi) is 3.99. The first kappa shape index (κ1) is 14.4. The van der Waals surface area contributed by atoms with Crippen molar-refractivity contribution in [1.82, 2.24) is 4.90 Å². The van der Waals surface area contributed by atoms with Crippen molar-refractivity contribution in [1.29, 1.82) is 0 Å². The molecular weight excluding hydrogens is 265 g/mol. The second-order valence-corrected chi connectivity index (χ2v) is 5.10. The van der Waals surface area contributed by atoms with Gasteiger partial charge in [-0.3, -0.25) is 14.9 Å². The van der Waals surface area contributed by atoms with Gasteiger partial charge in [0.2, 0.25) is 0 Å². The molecule has 2 atom stereocenters. The summed E-state index contributed by atoms with van der Waals surface area (Å²) in [6.45, 7) is 2.86. The zero-order chi connectivity index (χ0) is 14.9. The number of hydrogen-bond donors (Lipinski definition) is 1. The standard InChI is InChI=1S/C13H16FN3O3/c1-8-4-5-16(7-11(8)15)13(18)10-3-2-9(14)6-12(10)17(19)20/h2-3,6,8,11H,4-5,7,15H2,1H3. The van der Waals surface area contributed by atoms with Gasteiger partial charge in [-0.2, -0.15) is 0 Å². The van der Waals surface area contributed by atoms with Gasteiger partial charge in [-0.25, -0.2) is 4.39 Å². The molecule has 1 aromatic rings. The summed E-state index contributed by atoms with van der Waals surface area (Å²) < 4.78 is 13.1. The minimum atomic E-state index is -0.747. The summed E-state index contributed by atoms with van der Waals surface area (Å²) in [5, 5.41) is 10.9. The predicted molar refractivity (Wildman–Crippen MR) is 70.7 cm³/mol. The normalized spacial score (nSPS) is 22.6. The van der Waals surface area contributed by atoms with Gasteiger partial charge in [0.05, 0.1) is 11.0 Å². The highest BCUT2D eigenvalue weighted by atomic mass is 19.1.